The van der Waals surface area contributed by atoms with E-state index in [2.05, 4.69) is 11.9 Å². The summed E-state index contributed by atoms with van der Waals surface area (Å²) in [7, 11) is 0. The SMILES string of the molecule is CC1CC(CN)CN1C(=O)Cc1csc(COc2ccc(Cl)cc2)n1.Cl.Cl. The Hall–Kier alpha value is -1.05. The van der Waals surface area contributed by atoms with Crippen LogP contribution < -0.4 is 10.5 Å². The summed E-state index contributed by atoms with van der Waals surface area (Å²) >= 11 is 7.36. The Labute approximate surface area is 181 Å². The molecule has 0 aliphatic carbocycles. The van der Waals surface area contributed by atoms with Crippen LogP contribution in [0.5, 0.6) is 5.75 Å². The Morgan fingerprint density at radius 2 is 2.07 bits per heavy atom. The van der Waals surface area contributed by atoms with Gasteiger partial charge in [0.2, 0.25) is 5.91 Å². The quantitative estimate of drug-likeness (QED) is 0.720. The first kappa shape index (κ1) is 24.0. The van der Waals surface area contributed by atoms with Crippen molar-refractivity contribution in [2.24, 2.45) is 11.7 Å². The number of rotatable bonds is 6. The Bertz CT molecular complexity index is 727. The number of carbonyl (C=O) groups excluding carboxylic acids is 1. The van der Waals surface area contributed by atoms with Crippen LogP contribution in [0.25, 0.3) is 0 Å². The molecule has 2 aromatic rings. The second-order valence-electron chi connectivity index (χ2n) is 6.38. The van der Waals surface area contributed by atoms with Crippen LogP contribution in [0.3, 0.4) is 0 Å². The number of benzene rings is 1. The third kappa shape index (κ3) is 6.50. The van der Waals surface area contributed by atoms with Gasteiger partial charge in [-0.3, -0.25) is 4.79 Å². The monoisotopic (exact) mass is 451 g/mol. The highest BCUT2D eigenvalue weighted by molar-refractivity contribution is 7.09. The first-order chi connectivity index (χ1) is 12.0. The molecule has 0 saturated carbocycles. The Balaban J connectivity index is 0.00000182. The van der Waals surface area contributed by atoms with Crippen LogP contribution in [-0.2, 0) is 17.8 Å². The van der Waals surface area contributed by atoms with Crippen molar-refractivity contribution < 1.29 is 9.53 Å². The minimum atomic E-state index is 0. The van der Waals surface area contributed by atoms with E-state index >= 15 is 0 Å². The second kappa shape index (κ2) is 11.1. The number of nitrogens with two attached hydrogens (primary N) is 1. The summed E-state index contributed by atoms with van der Waals surface area (Å²) in [5.74, 6) is 1.28. The smallest absolute Gasteiger partial charge is 0.228 e. The maximum Gasteiger partial charge on any atom is 0.228 e. The molecular weight excluding hydrogens is 429 g/mol. The molecule has 0 radical (unpaired) electrons. The molecule has 1 amide bonds. The van der Waals surface area contributed by atoms with Gasteiger partial charge in [-0.2, -0.15) is 0 Å². The van der Waals surface area contributed by atoms with Crippen LogP contribution in [0.4, 0.5) is 0 Å². The summed E-state index contributed by atoms with van der Waals surface area (Å²) in [6, 6.07) is 7.47. The van der Waals surface area contributed by atoms with Crippen LogP contribution in [0.15, 0.2) is 29.6 Å². The van der Waals surface area contributed by atoms with Gasteiger partial charge in [-0.15, -0.1) is 36.2 Å². The second-order valence-corrected chi connectivity index (χ2v) is 7.76. The molecule has 1 fully saturated rings. The average Bonchev–Trinajstić information content (AvgIpc) is 3.20. The summed E-state index contributed by atoms with van der Waals surface area (Å²) in [6.45, 7) is 3.86. The molecule has 1 aliphatic rings. The predicted octanol–water partition coefficient (Wildman–Crippen LogP) is 3.96. The van der Waals surface area contributed by atoms with Gasteiger partial charge in [0.05, 0.1) is 12.1 Å². The van der Waals surface area contributed by atoms with E-state index in [0.29, 0.717) is 30.5 Å². The van der Waals surface area contributed by atoms with E-state index in [4.69, 9.17) is 22.1 Å². The number of ether oxygens (including phenoxy) is 1. The lowest BCUT2D eigenvalue weighted by molar-refractivity contribution is -0.131. The van der Waals surface area contributed by atoms with Gasteiger partial charge < -0.3 is 15.4 Å². The van der Waals surface area contributed by atoms with Crippen molar-refractivity contribution in [2.45, 2.75) is 32.4 Å². The molecule has 2 heterocycles. The van der Waals surface area contributed by atoms with Crippen molar-refractivity contribution in [3.63, 3.8) is 0 Å². The number of nitrogens with zero attached hydrogens (tertiary/aromatic N) is 2. The number of likely N-dealkylation sites (tertiary alicyclic amines) is 1. The summed E-state index contributed by atoms with van der Waals surface area (Å²) < 4.78 is 5.69. The predicted molar refractivity (Wildman–Crippen MR) is 114 cm³/mol. The number of carbonyl (C=O) groups is 1. The number of halogens is 3. The molecular formula is C18H24Cl3N3O2S. The summed E-state index contributed by atoms with van der Waals surface area (Å²) in [5.41, 5.74) is 6.53. The van der Waals surface area contributed by atoms with Gasteiger partial charge in [0.25, 0.3) is 0 Å². The van der Waals surface area contributed by atoms with Crippen LogP contribution in [0, 0.1) is 5.92 Å². The Morgan fingerprint density at radius 3 is 2.70 bits per heavy atom. The molecule has 1 saturated heterocycles. The van der Waals surface area contributed by atoms with E-state index < -0.39 is 0 Å². The van der Waals surface area contributed by atoms with E-state index in [0.717, 1.165) is 29.4 Å². The zero-order valence-electron chi connectivity index (χ0n) is 15.0. The molecule has 150 valence electrons. The lowest BCUT2D eigenvalue weighted by Gasteiger charge is -2.21. The highest BCUT2D eigenvalue weighted by atomic mass is 35.5. The highest BCUT2D eigenvalue weighted by Crippen LogP contribution is 2.23. The molecule has 1 aromatic carbocycles. The maximum absolute atomic E-state index is 12.5. The number of hydrogen-bond donors (Lipinski definition) is 1. The number of amides is 1. The Morgan fingerprint density at radius 1 is 1.37 bits per heavy atom. The molecule has 1 aliphatic heterocycles. The van der Waals surface area contributed by atoms with Crippen molar-refractivity contribution in [3.05, 3.63) is 45.4 Å². The molecule has 27 heavy (non-hydrogen) atoms. The van der Waals surface area contributed by atoms with E-state index in [1.165, 1.54) is 11.3 Å². The molecule has 2 atom stereocenters. The van der Waals surface area contributed by atoms with E-state index in [1.807, 2.05) is 22.4 Å². The van der Waals surface area contributed by atoms with Gasteiger partial charge in [0.1, 0.15) is 17.4 Å². The summed E-state index contributed by atoms with van der Waals surface area (Å²) in [5, 5.41) is 3.46. The zero-order chi connectivity index (χ0) is 17.8. The molecule has 9 heteroatoms. The van der Waals surface area contributed by atoms with Crippen LogP contribution in [0.2, 0.25) is 5.02 Å². The minimum Gasteiger partial charge on any atom is -0.486 e. The fourth-order valence-corrected chi connectivity index (χ4v) is 3.92. The molecule has 0 spiro atoms. The summed E-state index contributed by atoms with van der Waals surface area (Å²) in [4.78, 5) is 19.0. The average molecular weight is 453 g/mol. The number of aromatic nitrogens is 1. The standard InChI is InChI=1S/C18H22ClN3O2S.2ClH/c1-12-6-13(8-20)9-22(12)18(23)7-15-11-25-17(21-15)10-24-16-4-2-14(19)3-5-16;;/h2-5,11-13H,6-10,20H2,1H3;2*1H. The van der Waals surface area contributed by atoms with Crippen molar-refractivity contribution >= 4 is 53.7 Å². The van der Waals surface area contributed by atoms with Gasteiger partial charge in [-0.25, -0.2) is 4.98 Å². The van der Waals surface area contributed by atoms with Crippen LogP contribution in [-0.4, -0.2) is 34.9 Å². The highest BCUT2D eigenvalue weighted by Gasteiger charge is 2.31. The largest absolute Gasteiger partial charge is 0.486 e. The first-order valence-electron chi connectivity index (χ1n) is 8.36. The molecule has 2 N–H and O–H groups in total. The molecule has 1 aromatic heterocycles. The van der Waals surface area contributed by atoms with Crippen molar-refractivity contribution in [2.75, 3.05) is 13.1 Å². The zero-order valence-corrected chi connectivity index (χ0v) is 18.2. The van der Waals surface area contributed by atoms with Gasteiger partial charge in [-0.05, 0) is 50.1 Å². The van der Waals surface area contributed by atoms with E-state index in [1.54, 1.807) is 12.1 Å². The van der Waals surface area contributed by atoms with E-state index in [-0.39, 0.29) is 36.8 Å². The van der Waals surface area contributed by atoms with Gasteiger partial charge in [-0.1, -0.05) is 11.6 Å². The lowest BCUT2D eigenvalue weighted by Crippen LogP contribution is -2.35. The van der Waals surface area contributed by atoms with Crippen molar-refractivity contribution in [1.29, 1.82) is 0 Å². The Kier molecular flexibility index (Phi) is 9.84. The molecule has 0 bridgehead atoms. The lowest BCUT2D eigenvalue weighted by atomic mass is 10.1. The van der Waals surface area contributed by atoms with Crippen LogP contribution in [0.1, 0.15) is 24.0 Å². The van der Waals surface area contributed by atoms with Crippen molar-refractivity contribution in [3.8, 4) is 5.75 Å². The fourth-order valence-electron chi connectivity index (χ4n) is 3.09. The van der Waals surface area contributed by atoms with Crippen LogP contribution >= 0.6 is 47.8 Å². The molecule has 3 rings (SSSR count). The fraction of sp³-hybridized carbons (Fsp3) is 0.444. The van der Waals surface area contributed by atoms with Gasteiger partial charge in [0.15, 0.2) is 0 Å². The minimum absolute atomic E-state index is 0. The van der Waals surface area contributed by atoms with E-state index in [9.17, 15) is 4.79 Å². The number of hydrogen-bond acceptors (Lipinski definition) is 5. The third-order valence-electron chi connectivity index (χ3n) is 4.42. The molecule has 2 unspecified atom stereocenters. The van der Waals surface area contributed by atoms with Crippen molar-refractivity contribution in [1.82, 2.24) is 9.88 Å². The first-order valence-corrected chi connectivity index (χ1v) is 9.62. The van der Waals surface area contributed by atoms with Gasteiger partial charge >= 0.3 is 0 Å². The normalized spacial score (nSPS) is 18.6. The number of thiazole rings is 1. The van der Waals surface area contributed by atoms with Gasteiger partial charge in [0, 0.05) is 23.0 Å². The molecule has 5 nitrogen and oxygen atoms in total. The third-order valence-corrected chi connectivity index (χ3v) is 5.55. The summed E-state index contributed by atoms with van der Waals surface area (Å²) in [6.07, 6.45) is 1.32. The maximum atomic E-state index is 12.5. The topological polar surface area (TPSA) is 68.5 Å².